The Hall–Kier alpha value is -2.17. The third-order valence-electron chi connectivity index (χ3n) is 2.74. The Morgan fingerprint density at radius 3 is 3.00 bits per heavy atom. The van der Waals surface area contributed by atoms with Gasteiger partial charge < -0.3 is 5.32 Å². The highest BCUT2D eigenvalue weighted by Crippen LogP contribution is 2.10. The SMILES string of the molecule is Cc1cc(F)ccc1CCNC(=O)c1cn[nH]c1. The number of halogens is 1. The summed E-state index contributed by atoms with van der Waals surface area (Å²) in [4.78, 5) is 11.6. The molecule has 0 saturated heterocycles. The minimum atomic E-state index is -0.237. The van der Waals surface area contributed by atoms with Gasteiger partial charge in [0.2, 0.25) is 0 Å². The van der Waals surface area contributed by atoms with Gasteiger partial charge in [-0.15, -0.1) is 0 Å². The third kappa shape index (κ3) is 2.94. The van der Waals surface area contributed by atoms with Crippen molar-refractivity contribution in [3.8, 4) is 0 Å². The number of carbonyl (C=O) groups is 1. The Balaban J connectivity index is 1.87. The molecule has 4 nitrogen and oxygen atoms in total. The molecule has 1 aromatic carbocycles. The molecule has 1 amide bonds. The molecular weight excluding hydrogens is 233 g/mol. The molecule has 1 aromatic heterocycles. The van der Waals surface area contributed by atoms with Gasteiger partial charge in [-0.25, -0.2) is 4.39 Å². The van der Waals surface area contributed by atoms with Gasteiger partial charge in [0.25, 0.3) is 5.91 Å². The van der Waals surface area contributed by atoms with Crippen molar-refractivity contribution in [2.45, 2.75) is 13.3 Å². The molecule has 2 rings (SSSR count). The van der Waals surface area contributed by atoms with Crippen LogP contribution in [0.5, 0.6) is 0 Å². The van der Waals surface area contributed by atoms with Gasteiger partial charge in [0.1, 0.15) is 5.82 Å². The molecule has 0 bridgehead atoms. The lowest BCUT2D eigenvalue weighted by Gasteiger charge is -2.07. The van der Waals surface area contributed by atoms with Crippen LogP contribution in [0.15, 0.2) is 30.6 Å². The lowest BCUT2D eigenvalue weighted by Crippen LogP contribution is -2.25. The smallest absolute Gasteiger partial charge is 0.254 e. The third-order valence-corrected chi connectivity index (χ3v) is 2.74. The number of carbonyl (C=O) groups excluding carboxylic acids is 1. The van der Waals surface area contributed by atoms with E-state index in [9.17, 15) is 9.18 Å². The van der Waals surface area contributed by atoms with Gasteiger partial charge in [0, 0.05) is 12.7 Å². The first-order chi connectivity index (χ1) is 8.66. The lowest BCUT2D eigenvalue weighted by molar-refractivity contribution is 0.0954. The number of nitrogens with zero attached hydrogens (tertiary/aromatic N) is 1. The number of amides is 1. The van der Waals surface area contributed by atoms with Gasteiger partial charge in [-0.05, 0) is 36.6 Å². The highest BCUT2D eigenvalue weighted by Gasteiger charge is 2.06. The first kappa shape index (κ1) is 12.3. The zero-order chi connectivity index (χ0) is 13.0. The minimum absolute atomic E-state index is 0.163. The molecule has 18 heavy (non-hydrogen) atoms. The van der Waals surface area contributed by atoms with Crippen LogP contribution in [0.2, 0.25) is 0 Å². The largest absolute Gasteiger partial charge is 0.352 e. The molecular formula is C13H14FN3O. The summed E-state index contributed by atoms with van der Waals surface area (Å²) in [6.45, 7) is 2.37. The quantitative estimate of drug-likeness (QED) is 0.866. The van der Waals surface area contributed by atoms with Gasteiger partial charge in [-0.1, -0.05) is 6.07 Å². The molecule has 0 fully saturated rings. The summed E-state index contributed by atoms with van der Waals surface area (Å²) in [7, 11) is 0. The molecule has 94 valence electrons. The molecule has 0 saturated carbocycles. The normalized spacial score (nSPS) is 10.3. The number of aromatic nitrogens is 2. The van der Waals surface area contributed by atoms with E-state index in [0.29, 0.717) is 18.5 Å². The van der Waals surface area contributed by atoms with E-state index >= 15 is 0 Å². The summed E-state index contributed by atoms with van der Waals surface area (Å²) in [6.07, 6.45) is 3.69. The predicted octanol–water partition coefficient (Wildman–Crippen LogP) is 1.83. The van der Waals surface area contributed by atoms with Gasteiger partial charge in [-0.3, -0.25) is 9.89 Å². The van der Waals surface area contributed by atoms with Crippen molar-refractivity contribution in [1.29, 1.82) is 0 Å². The van der Waals surface area contributed by atoms with Crippen LogP contribution >= 0.6 is 0 Å². The van der Waals surface area contributed by atoms with Gasteiger partial charge in [-0.2, -0.15) is 5.10 Å². The van der Waals surface area contributed by atoms with Gasteiger partial charge >= 0.3 is 0 Å². The molecule has 0 aliphatic carbocycles. The van der Waals surface area contributed by atoms with Crippen LogP contribution < -0.4 is 5.32 Å². The monoisotopic (exact) mass is 247 g/mol. The van der Waals surface area contributed by atoms with Gasteiger partial charge in [0.15, 0.2) is 0 Å². The van der Waals surface area contributed by atoms with Crippen LogP contribution in [0.3, 0.4) is 0 Å². The second kappa shape index (κ2) is 5.44. The average molecular weight is 247 g/mol. The molecule has 2 N–H and O–H groups in total. The van der Waals surface area contributed by atoms with Crippen LogP contribution in [-0.2, 0) is 6.42 Å². The summed E-state index contributed by atoms with van der Waals surface area (Å²) in [5.74, 6) is -0.401. The molecule has 0 atom stereocenters. The van der Waals surface area contributed by atoms with E-state index in [2.05, 4.69) is 15.5 Å². The fourth-order valence-corrected chi connectivity index (χ4v) is 1.73. The predicted molar refractivity (Wildman–Crippen MR) is 65.8 cm³/mol. The Morgan fingerprint density at radius 1 is 1.50 bits per heavy atom. The van der Waals surface area contributed by atoms with Crippen LogP contribution in [0.25, 0.3) is 0 Å². The standard InChI is InChI=1S/C13H14FN3O/c1-9-6-12(14)3-2-10(9)4-5-15-13(18)11-7-16-17-8-11/h2-3,6-8H,4-5H2,1H3,(H,15,18)(H,16,17). The maximum absolute atomic E-state index is 12.9. The summed E-state index contributed by atoms with van der Waals surface area (Å²) < 4.78 is 12.9. The van der Waals surface area contributed by atoms with Crippen molar-refractivity contribution in [3.63, 3.8) is 0 Å². The van der Waals surface area contributed by atoms with Crippen LogP contribution in [-0.4, -0.2) is 22.6 Å². The molecule has 0 aliphatic rings. The molecule has 2 aromatic rings. The average Bonchev–Trinajstić information content (AvgIpc) is 2.85. The zero-order valence-electron chi connectivity index (χ0n) is 10.0. The molecule has 1 heterocycles. The summed E-state index contributed by atoms with van der Waals surface area (Å²) >= 11 is 0. The van der Waals surface area contributed by atoms with E-state index < -0.39 is 0 Å². The van der Waals surface area contributed by atoms with E-state index in [0.717, 1.165) is 11.1 Å². The lowest BCUT2D eigenvalue weighted by atomic mass is 10.1. The fraction of sp³-hybridized carbons (Fsp3) is 0.231. The highest BCUT2D eigenvalue weighted by molar-refractivity contribution is 5.93. The zero-order valence-corrected chi connectivity index (χ0v) is 10.0. The van der Waals surface area contributed by atoms with E-state index in [1.807, 2.05) is 6.92 Å². The maximum atomic E-state index is 12.9. The van der Waals surface area contributed by atoms with Crippen molar-refractivity contribution in [2.24, 2.45) is 0 Å². The number of aryl methyl sites for hydroxylation is 1. The molecule has 0 spiro atoms. The first-order valence-corrected chi connectivity index (χ1v) is 5.69. The summed E-state index contributed by atoms with van der Waals surface area (Å²) in [5, 5.41) is 9.07. The van der Waals surface area contributed by atoms with Crippen LogP contribution in [0.1, 0.15) is 21.5 Å². The van der Waals surface area contributed by atoms with Crippen molar-refractivity contribution in [2.75, 3.05) is 6.54 Å². The van der Waals surface area contributed by atoms with Crippen LogP contribution in [0.4, 0.5) is 4.39 Å². The Labute approximate surface area is 104 Å². The fourth-order valence-electron chi connectivity index (χ4n) is 1.73. The highest BCUT2D eigenvalue weighted by atomic mass is 19.1. The van der Waals surface area contributed by atoms with Crippen molar-refractivity contribution < 1.29 is 9.18 Å². The number of rotatable bonds is 4. The van der Waals surface area contributed by atoms with E-state index in [1.54, 1.807) is 12.3 Å². The number of H-pyrrole nitrogens is 1. The van der Waals surface area contributed by atoms with E-state index in [1.165, 1.54) is 18.3 Å². The number of benzene rings is 1. The number of hydrogen-bond donors (Lipinski definition) is 2. The molecule has 5 heteroatoms. The second-order valence-corrected chi connectivity index (χ2v) is 4.06. The molecule has 0 unspecified atom stereocenters. The van der Waals surface area contributed by atoms with Crippen molar-refractivity contribution in [3.05, 3.63) is 53.1 Å². The number of aromatic amines is 1. The van der Waals surface area contributed by atoms with E-state index in [4.69, 9.17) is 0 Å². The Bertz CT molecular complexity index is 537. The minimum Gasteiger partial charge on any atom is -0.352 e. The molecule has 0 radical (unpaired) electrons. The van der Waals surface area contributed by atoms with Crippen LogP contribution in [0, 0.1) is 12.7 Å². The van der Waals surface area contributed by atoms with Crippen molar-refractivity contribution >= 4 is 5.91 Å². The molecule has 0 aliphatic heterocycles. The van der Waals surface area contributed by atoms with Gasteiger partial charge in [0.05, 0.1) is 11.8 Å². The van der Waals surface area contributed by atoms with Crippen molar-refractivity contribution in [1.82, 2.24) is 15.5 Å². The number of nitrogens with one attached hydrogen (secondary N) is 2. The second-order valence-electron chi connectivity index (χ2n) is 4.06. The Morgan fingerprint density at radius 2 is 2.33 bits per heavy atom. The summed E-state index contributed by atoms with van der Waals surface area (Å²) in [6, 6.07) is 4.67. The number of hydrogen-bond acceptors (Lipinski definition) is 2. The maximum Gasteiger partial charge on any atom is 0.254 e. The first-order valence-electron chi connectivity index (χ1n) is 5.69. The van der Waals surface area contributed by atoms with E-state index in [-0.39, 0.29) is 11.7 Å². The topological polar surface area (TPSA) is 57.8 Å². The Kier molecular flexibility index (Phi) is 3.72. The summed E-state index contributed by atoms with van der Waals surface area (Å²) in [5.41, 5.74) is 2.43.